The van der Waals surface area contributed by atoms with Gasteiger partial charge in [0.1, 0.15) is 24.0 Å². The molecule has 0 saturated carbocycles. The SMILES string of the molecule is CCn1c(=O)c(-c2ccccc2)cc2cnc(Nc3ccc(OCCO)cn3)cc21. The highest BCUT2D eigenvalue weighted by molar-refractivity contribution is 5.85. The Bertz CT molecular complexity index is 1210. The van der Waals surface area contributed by atoms with Crippen LogP contribution < -0.4 is 15.6 Å². The van der Waals surface area contributed by atoms with E-state index >= 15 is 0 Å². The molecule has 2 N–H and O–H groups in total. The summed E-state index contributed by atoms with van der Waals surface area (Å²) in [7, 11) is 0. The van der Waals surface area contributed by atoms with Gasteiger partial charge in [-0.3, -0.25) is 4.79 Å². The number of pyridine rings is 3. The molecule has 0 amide bonds. The molecule has 4 aromatic rings. The second kappa shape index (κ2) is 8.75. The van der Waals surface area contributed by atoms with E-state index in [1.807, 2.05) is 49.4 Å². The van der Waals surface area contributed by atoms with Crippen LogP contribution in [0.4, 0.5) is 11.6 Å². The molecule has 7 heteroatoms. The molecular formula is C23H22N4O3. The molecule has 0 radical (unpaired) electrons. The summed E-state index contributed by atoms with van der Waals surface area (Å²) in [6, 6.07) is 16.9. The fourth-order valence-corrected chi connectivity index (χ4v) is 3.31. The van der Waals surface area contributed by atoms with Crippen molar-refractivity contribution in [3.63, 3.8) is 0 Å². The topological polar surface area (TPSA) is 89.3 Å². The molecule has 4 rings (SSSR count). The van der Waals surface area contributed by atoms with E-state index in [0.29, 0.717) is 29.5 Å². The summed E-state index contributed by atoms with van der Waals surface area (Å²) < 4.78 is 7.07. The molecule has 3 heterocycles. The quantitative estimate of drug-likeness (QED) is 0.491. The second-order valence-electron chi connectivity index (χ2n) is 6.68. The summed E-state index contributed by atoms with van der Waals surface area (Å²) in [5.41, 5.74) is 2.33. The van der Waals surface area contributed by atoms with Crippen LogP contribution in [0.2, 0.25) is 0 Å². The fourth-order valence-electron chi connectivity index (χ4n) is 3.31. The lowest BCUT2D eigenvalue weighted by atomic mass is 10.1. The van der Waals surface area contributed by atoms with E-state index in [9.17, 15) is 4.79 Å². The van der Waals surface area contributed by atoms with Crippen LogP contribution in [0.25, 0.3) is 22.0 Å². The number of aliphatic hydroxyl groups is 1. The van der Waals surface area contributed by atoms with Crippen LogP contribution in [0.3, 0.4) is 0 Å². The van der Waals surface area contributed by atoms with Crippen molar-refractivity contribution in [2.75, 3.05) is 18.5 Å². The van der Waals surface area contributed by atoms with E-state index in [1.54, 1.807) is 29.1 Å². The van der Waals surface area contributed by atoms with Crippen LogP contribution in [0, 0.1) is 0 Å². The van der Waals surface area contributed by atoms with Crippen LogP contribution in [0.1, 0.15) is 6.92 Å². The van der Waals surface area contributed by atoms with Crippen molar-refractivity contribution in [1.29, 1.82) is 0 Å². The number of fused-ring (bicyclic) bond motifs is 1. The third-order valence-electron chi connectivity index (χ3n) is 4.73. The Morgan fingerprint density at radius 1 is 1.03 bits per heavy atom. The van der Waals surface area contributed by atoms with E-state index in [0.717, 1.165) is 16.5 Å². The lowest BCUT2D eigenvalue weighted by Gasteiger charge is -2.13. The Kier molecular flexibility index (Phi) is 5.72. The van der Waals surface area contributed by atoms with E-state index < -0.39 is 0 Å². The molecule has 1 aromatic carbocycles. The molecule has 0 unspecified atom stereocenters. The summed E-state index contributed by atoms with van der Waals surface area (Å²) in [4.78, 5) is 21.9. The lowest BCUT2D eigenvalue weighted by Crippen LogP contribution is -2.21. The lowest BCUT2D eigenvalue weighted by molar-refractivity contribution is 0.201. The summed E-state index contributed by atoms with van der Waals surface area (Å²) in [6.45, 7) is 2.68. The summed E-state index contributed by atoms with van der Waals surface area (Å²) in [6.07, 6.45) is 3.33. The number of benzene rings is 1. The summed E-state index contributed by atoms with van der Waals surface area (Å²) in [5, 5.41) is 12.9. The maximum Gasteiger partial charge on any atom is 0.258 e. The van der Waals surface area contributed by atoms with Crippen molar-refractivity contribution in [3.05, 3.63) is 77.3 Å². The molecule has 0 saturated heterocycles. The van der Waals surface area contributed by atoms with Crippen LogP contribution in [-0.2, 0) is 6.54 Å². The van der Waals surface area contributed by atoms with Gasteiger partial charge >= 0.3 is 0 Å². The molecule has 0 aliphatic rings. The predicted octanol–water partition coefficient (Wildman–Crippen LogP) is 3.59. The van der Waals surface area contributed by atoms with Gasteiger partial charge < -0.3 is 19.7 Å². The van der Waals surface area contributed by atoms with E-state index in [4.69, 9.17) is 9.84 Å². The number of rotatable bonds is 7. The molecular weight excluding hydrogens is 380 g/mol. The normalized spacial score (nSPS) is 10.9. The Morgan fingerprint density at radius 2 is 1.83 bits per heavy atom. The molecule has 0 fully saturated rings. The zero-order chi connectivity index (χ0) is 20.9. The molecule has 7 nitrogen and oxygen atoms in total. The smallest absolute Gasteiger partial charge is 0.258 e. The van der Waals surface area contributed by atoms with Gasteiger partial charge in [-0.2, -0.15) is 0 Å². The molecule has 0 spiro atoms. The fraction of sp³-hybridized carbons (Fsp3) is 0.174. The van der Waals surface area contributed by atoms with Gasteiger partial charge in [0.2, 0.25) is 0 Å². The van der Waals surface area contributed by atoms with Gasteiger partial charge in [0.05, 0.1) is 18.3 Å². The van der Waals surface area contributed by atoms with E-state index in [-0.39, 0.29) is 18.8 Å². The highest BCUT2D eigenvalue weighted by Gasteiger charge is 2.11. The van der Waals surface area contributed by atoms with Crippen molar-refractivity contribution in [2.45, 2.75) is 13.5 Å². The van der Waals surface area contributed by atoms with Gasteiger partial charge in [-0.05, 0) is 30.7 Å². The maximum atomic E-state index is 13.1. The molecule has 0 bridgehead atoms. The average molecular weight is 402 g/mol. The average Bonchev–Trinajstić information content (AvgIpc) is 2.79. The maximum absolute atomic E-state index is 13.1. The third kappa shape index (κ3) is 4.01. The van der Waals surface area contributed by atoms with Crippen molar-refractivity contribution in [3.8, 4) is 16.9 Å². The third-order valence-corrected chi connectivity index (χ3v) is 4.73. The number of aryl methyl sites for hydroxylation is 1. The van der Waals surface area contributed by atoms with Crippen molar-refractivity contribution in [2.24, 2.45) is 0 Å². The van der Waals surface area contributed by atoms with Gasteiger partial charge in [0.15, 0.2) is 0 Å². The number of ether oxygens (including phenoxy) is 1. The van der Waals surface area contributed by atoms with Crippen LogP contribution >= 0.6 is 0 Å². The Hall–Kier alpha value is -3.71. The monoisotopic (exact) mass is 402 g/mol. The molecule has 30 heavy (non-hydrogen) atoms. The van der Waals surface area contributed by atoms with Gasteiger partial charge in [0.25, 0.3) is 5.56 Å². The van der Waals surface area contributed by atoms with Crippen molar-refractivity contribution in [1.82, 2.24) is 14.5 Å². The number of nitrogens with zero attached hydrogens (tertiary/aromatic N) is 3. The summed E-state index contributed by atoms with van der Waals surface area (Å²) in [5.74, 6) is 1.77. The van der Waals surface area contributed by atoms with Gasteiger partial charge in [-0.1, -0.05) is 30.3 Å². The number of nitrogens with one attached hydrogen (secondary N) is 1. The molecule has 0 aliphatic carbocycles. The summed E-state index contributed by atoms with van der Waals surface area (Å²) >= 11 is 0. The first-order chi connectivity index (χ1) is 14.7. The van der Waals surface area contributed by atoms with Gasteiger partial charge in [-0.15, -0.1) is 0 Å². The van der Waals surface area contributed by atoms with E-state index in [1.165, 1.54) is 0 Å². The number of hydrogen-bond acceptors (Lipinski definition) is 6. The van der Waals surface area contributed by atoms with E-state index in [2.05, 4.69) is 15.3 Å². The van der Waals surface area contributed by atoms with Crippen LogP contribution in [-0.4, -0.2) is 32.9 Å². The largest absolute Gasteiger partial charge is 0.490 e. The van der Waals surface area contributed by atoms with Gasteiger partial charge in [0, 0.05) is 29.8 Å². The van der Waals surface area contributed by atoms with Crippen LogP contribution in [0.5, 0.6) is 5.75 Å². The minimum Gasteiger partial charge on any atom is -0.490 e. The number of aromatic nitrogens is 3. The zero-order valence-corrected chi connectivity index (χ0v) is 16.6. The minimum atomic E-state index is -0.0495. The first-order valence-electron chi connectivity index (χ1n) is 9.75. The number of hydrogen-bond donors (Lipinski definition) is 2. The Balaban J connectivity index is 1.68. The molecule has 152 valence electrons. The van der Waals surface area contributed by atoms with Crippen LogP contribution in [0.15, 0.2) is 71.8 Å². The van der Waals surface area contributed by atoms with Gasteiger partial charge in [-0.25, -0.2) is 9.97 Å². The minimum absolute atomic E-state index is 0.0307. The number of anilines is 2. The first kappa shape index (κ1) is 19.6. The standard InChI is InChI=1S/C23H22N4O3/c1-2-27-20-13-22(26-21-9-8-18(15-25-21)30-11-10-28)24-14-17(20)12-19(23(27)29)16-6-4-3-5-7-16/h3-9,12-15,28H,2,10-11H2,1H3,(H,24,25,26). The molecule has 0 aliphatic heterocycles. The highest BCUT2D eigenvalue weighted by atomic mass is 16.5. The van der Waals surface area contributed by atoms with Crippen molar-refractivity contribution < 1.29 is 9.84 Å². The number of aliphatic hydroxyl groups excluding tert-OH is 1. The first-order valence-corrected chi connectivity index (χ1v) is 9.75. The van der Waals surface area contributed by atoms with Crippen molar-refractivity contribution >= 4 is 22.5 Å². The predicted molar refractivity (Wildman–Crippen MR) is 117 cm³/mol. The Labute approximate surface area is 173 Å². The molecule has 0 atom stereocenters. The Morgan fingerprint density at radius 3 is 2.53 bits per heavy atom. The molecule has 3 aromatic heterocycles. The highest BCUT2D eigenvalue weighted by Crippen LogP contribution is 2.24. The zero-order valence-electron chi connectivity index (χ0n) is 16.6. The second-order valence-corrected chi connectivity index (χ2v) is 6.68.